The van der Waals surface area contributed by atoms with Crippen molar-refractivity contribution in [3.8, 4) is 16.8 Å². The Morgan fingerprint density at radius 1 is 0.328 bits per heavy atom. The second-order valence-corrected chi connectivity index (χ2v) is 16.5. The monoisotopic (exact) mass is 817 g/mol. The van der Waals surface area contributed by atoms with E-state index in [1.165, 1.54) is 44.2 Å². The Kier molecular flexibility index (Phi) is 9.05. The second-order valence-electron chi connectivity index (χ2n) is 16.5. The molecule has 1 aromatic heterocycles. The Morgan fingerprint density at radius 2 is 0.797 bits per heavy atom. The molecule has 10 aromatic carbocycles. The lowest BCUT2D eigenvalue weighted by Crippen LogP contribution is -2.30. The molecule has 1 aliphatic carbocycles. The van der Waals surface area contributed by atoms with Crippen LogP contribution in [-0.4, -0.2) is 4.57 Å². The van der Waals surface area contributed by atoms with Gasteiger partial charge in [0, 0.05) is 39.1 Å². The largest absolute Gasteiger partial charge is 0.310 e. The van der Waals surface area contributed by atoms with Crippen LogP contribution in [0.15, 0.2) is 261 Å². The minimum Gasteiger partial charge on any atom is -0.310 e. The number of para-hydroxylation sites is 5. The summed E-state index contributed by atoms with van der Waals surface area (Å²) in [5.74, 6) is 0. The molecular formula is C61H43N3. The number of anilines is 6. The molecule has 0 spiro atoms. The van der Waals surface area contributed by atoms with E-state index in [0.717, 1.165) is 50.8 Å². The molecule has 3 nitrogen and oxygen atoms in total. The highest BCUT2D eigenvalue weighted by Crippen LogP contribution is 2.60. The van der Waals surface area contributed by atoms with Crippen LogP contribution in [0, 0.1) is 0 Å². The van der Waals surface area contributed by atoms with E-state index >= 15 is 0 Å². The topological polar surface area (TPSA) is 11.4 Å². The van der Waals surface area contributed by atoms with E-state index < -0.39 is 5.41 Å². The van der Waals surface area contributed by atoms with E-state index in [4.69, 9.17) is 0 Å². The lowest BCUT2D eigenvalue weighted by Gasteiger charge is -2.38. The minimum absolute atomic E-state index is 0.621. The summed E-state index contributed by atoms with van der Waals surface area (Å²) in [5.41, 5.74) is 16.7. The first-order chi connectivity index (χ1) is 31.8. The normalized spacial score (nSPS) is 12.5. The van der Waals surface area contributed by atoms with Gasteiger partial charge in [0.05, 0.1) is 33.5 Å². The van der Waals surface area contributed by atoms with Gasteiger partial charge in [-0.05, 0) is 101 Å². The maximum Gasteiger partial charge on any atom is 0.0734 e. The van der Waals surface area contributed by atoms with Gasteiger partial charge in [0.25, 0.3) is 0 Å². The average molecular weight is 818 g/mol. The fraction of sp³-hybridized carbons (Fsp3) is 0.0164. The van der Waals surface area contributed by atoms with Crippen molar-refractivity contribution in [1.82, 2.24) is 4.57 Å². The predicted molar refractivity (Wildman–Crippen MR) is 267 cm³/mol. The quantitative estimate of drug-likeness (QED) is 0.144. The molecule has 0 fully saturated rings. The van der Waals surface area contributed by atoms with E-state index in [1.807, 2.05) is 0 Å². The molecule has 3 heteroatoms. The van der Waals surface area contributed by atoms with Crippen LogP contribution in [-0.2, 0) is 5.41 Å². The standard InChI is InChI=1S/C61H43N3/c1-7-24-44(25-8-1)61(45-26-9-2-10-27-45)54-39-21-19-36-51(54)52-38-23-41-56(60(52)61)63(48-32-15-5-16-33-48)50-42-57(62(46-28-11-3-12-29-46)47-30-13-4-14-31-47)59-53-37-20-22-40-55(53)64(58(59)43-50)49-34-17-6-18-35-49/h1-43H. The highest BCUT2D eigenvalue weighted by Gasteiger charge is 2.48. The van der Waals surface area contributed by atoms with Gasteiger partial charge in [0.2, 0.25) is 0 Å². The zero-order valence-electron chi connectivity index (χ0n) is 35.2. The van der Waals surface area contributed by atoms with Gasteiger partial charge in [0.15, 0.2) is 0 Å². The van der Waals surface area contributed by atoms with Gasteiger partial charge in [-0.2, -0.15) is 0 Å². The van der Waals surface area contributed by atoms with Gasteiger partial charge in [-0.15, -0.1) is 0 Å². The molecule has 0 radical (unpaired) electrons. The van der Waals surface area contributed by atoms with Crippen molar-refractivity contribution in [1.29, 1.82) is 0 Å². The number of hydrogen-bond donors (Lipinski definition) is 0. The highest BCUT2D eigenvalue weighted by molar-refractivity contribution is 6.18. The Balaban J connectivity index is 1.24. The molecule has 302 valence electrons. The van der Waals surface area contributed by atoms with Crippen molar-refractivity contribution in [2.45, 2.75) is 5.41 Å². The summed E-state index contributed by atoms with van der Waals surface area (Å²) in [7, 11) is 0. The van der Waals surface area contributed by atoms with Crippen molar-refractivity contribution in [3.05, 3.63) is 283 Å². The molecule has 0 amide bonds. The number of aromatic nitrogens is 1. The summed E-state index contributed by atoms with van der Waals surface area (Å²) >= 11 is 0. The minimum atomic E-state index is -0.621. The number of fused-ring (bicyclic) bond motifs is 6. The third-order valence-corrected chi connectivity index (χ3v) is 13.0. The van der Waals surface area contributed by atoms with Gasteiger partial charge >= 0.3 is 0 Å². The molecule has 64 heavy (non-hydrogen) atoms. The second kappa shape index (κ2) is 15.5. The SMILES string of the molecule is c1ccc(N(c2cc(N(c3ccccc3)c3ccccc3)c3c4ccccc4n(-c4ccccc4)c3c2)c2cccc3c2C(c2ccccc2)(c2ccccc2)c2ccccc2-3)cc1. The van der Waals surface area contributed by atoms with Gasteiger partial charge in [-0.1, -0.05) is 188 Å². The summed E-state index contributed by atoms with van der Waals surface area (Å²) < 4.78 is 2.44. The molecule has 0 N–H and O–H groups in total. The molecule has 0 bridgehead atoms. The molecule has 0 saturated carbocycles. The Hall–Kier alpha value is -8.40. The number of nitrogens with zero attached hydrogens (tertiary/aromatic N) is 3. The van der Waals surface area contributed by atoms with Crippen molar-refractivity contribution in [2.75, 3.05) is 9.80 Å². The summed E-state index contributed by atoms with van der Waals surface area (Å²) in [6, 6.07) is 95.1. The number of rotatable bonds is 9. The van der Waals surface area contributed by atoms with E-state index in [2.05, 4.69) is 275 Å². The average Bonchev–Trinajstić information content (AvgIpc) is 3.87. The van der Waals surface area contributed by atoms with Crippen molar-refractivity contribution >= 4 is 55.9 Å². The van der Waals surface area contributed by atoms with Gasteiger partial charge < -0.3 is 14.4 Å². The van der Waals surface area contributed by atoms with E-state index in [0.29, 0.717) is 0 Å². The van der Waals surface area contributed by atoms with Gasteiger partial charge in [-0.25, -0.2) is 0 Å². The summed E-state index contributed by atoms with van der Waals surface area (Å²) in [5, 5.41) is 2.37. The molecule has 0 saturated heterocycles. The van der Waals surface area contributed by atoms with Crippen LogP contribution >= 0.6 is 0 Å². The van der Waals surface area contributed by atoms with Gasteiger partial charge in [0.1, 0.15) is 0 Å². The molecule has 0 unspecified atom stereocenters. The molecule has 11 aromatic rings. The fourth-order valence-corrected chi connectivity index (χ4v) is 10.5. The molecule has 0 atom stereocenters. The first kappa shape index (κ1) is 37.4. The van der Waals surface area contributed by atoms with Crippen molar-refractivity contribution in [2.24, 2.45) is 0 Å². The maximum atomic E-state index is 2.51. The number of hydrogen-bond acceptors (Lipinski definition) is 2. The smallest absolute Gasteiger partial charge is 0.0734 e. The maximum absolute atomic E-state index is 2.51. The Morgan fingerprint density at radius 3 is 1.39 bits per heavy atom. The van der Waals surface area contributed by atoms with Crippen LogP contribution in [0.1, 0.15) is 22.3 Å². The Bertz CT molecular complexity index is 3340. The molecule has 0 aliphatic heterocycles. The fourth-order valence-electron chi connectivity index (χ4n) is 10.5. The van der Waals surface area contributed by atoms with Gasteiger partial charge in [-0.3, -0.25) is 0 Å². The zero-order valence-corrected chi connectivity index (χ0v) is 35.2. The lowest BCUT2D eigenvalue weighted by atomic mass is 9.67. The van der Waals surface area contributed by atoms with Crippen LogP contribution in [0.25, 0.3) is 38.6 Å². The summed E-state index contributed by atoms with van der Waals surface area (Å²) in [6.07, 6.45) is 0. The van der Waals surface area contributed by atoms with E-state index in [9.17, 15) is 0 Å². The molecule has 12 rings (SSSR count). The highest BCUT2D eigenvalue weighted by atomic mass is 15.2. The van der Waals surface area contributed by atoms with Crippen LogP contribution in [0.5, 0.6) is 0 Å². The number of benzene rings is 10. The van der Waals surface area contributed by atoms with E-state index in [1.54, 1.807) is 0 Å². The molecule has 1 heterocycles. The molecular weight excluding hydrogens is 775 g/mol. The van der Waals surface area contributed by atoms with E-state index in [-0.39, 0.29) is 0 Å². The van der Waals surface area contributed by atoms with Crippen LogP contribution in [0.4, 0.5) is 34.1 Å². The first-order valence-electron chi connectivity index (χ1n) is 22.0. The van der Waals surface area contributed by atoms with Crippen LogP contribution in [0.2, 0.25) is 0 Å². The first-order valence-corrected chi connectivity index (χ1v) is 22.0. The van der Waals surface area contributed by atoms with Crippen molar-refractivity contribution in [3.63, 3.8) is 0 Å². The van der Waals surface area contributed by atoms with Crippen LogP contribution in [0.3, 0.4) is 0 Å². The third kappa shape index (κ3) is 5.82. The summed E-state index contributed by atoms with van der Waals surface area (Å²) in [4.78, 5) is 4.94. The lowest BCUT2D eigenvalue weighted by molar-refractivity contribution is 0.768. The molecule has 1 aliphatic rings. The zero-order chi connectivity index (χ0) is 42.5. The van der Waals surface area contributed by atoms with Crippen LogP contribution < -0.4 is 9.80 Å². The summed E-state index contributed by atoms with van der Waals surface area (Å²) in [6.45, 7) is 0. The Labute approximate surface area is 374 Å². The third-order valence-electron chi connectivity index (χ3n) is 13.0. The van der Waals surface area contributed by atoms with Crippen molar-refractivity contribution < 1.29 is 0 Å². The predicted octanol–water partition coefficient (Wildman–Crippen LogP) is 16.1.